The van der Waals surface area contributed by atoms with Gasteiger partial charge in [0.05, 0.1) is 24.2 Å². The van der Waals surface area contributed by atoms with Gasteiger partial charge in [-0.1, -0.05) is 24.3 Å². The van der Waals surface area contributed by atoms with Crippen LogP contribution in [0.2, 0.25) is 0 Å². The number of anilines is 1. The summed E-state index contributed by atoms with van der Waals surface area (Å²) in [6, 6.07) is 14.1. The molecule has 0 aliphatic carbocycles. The number of hydrogen-bond donors (Lipinski definition) is 0. The van der Waals surface area contributed by atoms with Crippen LogP contribution in [-0.4, -0.2) is 44.5 Å². The van der Waals surface area contributed by atoms with Crippen molar-refractivity contribution in [2.75, 3.05) is 25.2 Å². The summed E-state index contributed by atoms with van der Waals surface area (Å²) in [6.07, 6.45) is 1.76. The van der Waals surface area contributed by atoms with E-state index in [1.807, 2.05) is 24.3 Å². The third-order valence-electron chi connectivity index (χ3n) is 4.94. The number of benzene rings is 2. The highest BCUT2D eigenvalue weighted by Gasteiger charge is 2.39. The number of nitrogens with zero attached hydrogens (tertiary/aromatic N) is 3. The van der Waals surface area contributed by atoms with E-state index in [2.05, 4.69) is 5.10 Å². The highest BCUT2D eigenvalue weighted by molar-refractivity contribution is 8.08. The predicted octanol–water partition coefficient (Wildman–Crippen LogP) is 2.43. The molecule has 4 rings (SSSR count). The van der Waals surface area contributed by atoms with Crippen molar-refractivity contribution >= 4 is 26.5 Å². The number of carbonyl (C=O) groups excluding carboxylic acids is 1. The molecule has 2 aliphatic heterocycles. The maximum atomic E-state index is 13.1. The molecule has 0 spiro atoms. The Balaban J connectivity index is 1.76. The smallest absolute Gasteiger partial charge is 0.286 e. The van der Waals surface area contributed by atoms with Crippen LogP contribution in [0.4, 0.5) is 5.69 Å². The number of sulfone groups is 1. The molecule has 2 heterocycles. The van der Waals surface area contributed by atoms with Gasteiger partial charge in [0.25, 0.3) is 5.91 Å². The molecule has 28 heavy (non-hydrogen) atoms. The molecule has 2 aromatic carbocycles. The van der Waals surface area contributed by atoms with E-state index >= 15 is 0 Å². The average molecular weight is 399 g/mol. The second-order valence-corrected chi connectivity index (χ2v) is 8.62. The first-order valence-corrected chi connectivity index (χ1v) is 10.6. The summed E-state index contributed by atoms with van der Waals surface area (Å²) in [5, 5.41) is 5.47. The Hall–Kier alpha value is -2.87. The molecule has 1 saturated heterocycles. The van der Waals surface area contributed by atoms with Gasteiger partial charge in [0, 0.05) is 13.1 Å². The van der Waals surface area contributed by atoms with Crippen molar-refractivity contribution in [3.63, 3.8) is 0 Å². The monoisotopic (exact) mass is 399 g/mol. The summed E-state index contributed by atoms with van der Waals surface area (Å²) in [5.41, 5.74) is 1.36. The number of amides is 1. The number of hydrazone groups is 1. The molecule has 0 saturated carbocycles. The van der Waals surface area contributed by atoms with Crippen LogP contribution in [0.3, 0.4) is 0 Å². The van der Waals surface area contributed by atoms with Crippen molar-refractivity contribution in [3.05, 3.63) is 54.1 Å². The minimum Gasteiger partial charge on any atom is -0.497 e. The summed E-state index contributed by atoms with van der Waals surface area (Å²) >= 11 is 0. The fourth-order valence-corrected chi connectivity index (χ4v) is 4.98. The average Bonchev–Trinajstić information content (AvgIpc) is 3.25. The Kier molecular flexibility index (Phi) is 4.80. The van der Waals surface area contributed by atoms with Crippen molar-refractivity contribution in [2.45, 2.75) is 24.3 Å². The predicted molar refractivity (Wildman–Crippen MR) is 106 cm³/mol. The van der Waals surface area contributed by atoms with E-state index in [0.717, 1.165) is 18.4 Å². The minimum absolute atomic E-state index is 0.107. The highest BCUT2D eigenvalue weighted by Crippen LogP contribution is 2.33. The normalized spacial score (nSPS) is 17.8. The summed E-state index contributed by atoms with van der Waals surface area (Å²) < 4.78 is 31.4. The van der Waals surface area contributed by atoms with E-state index in [-0.39, 0.29) is 4.90 Å². The van der Waals surface area contributed by atoms with Gasteiger partial charge in [0.1, 0.15) is 5.75 Å². The largest absolute Gasteiger partial charge is 0.497 e. The fraction of sp³-hybridized carbons (Fsp3) is 0.300. The lowest BCUT2D eigenvalue weighted by Gasteiger charge is -2.28. The molecule has 8 heteroatoms. The van der Waals surface area contributed by atoms with Crippen molar-refractivity contribution in [1.29, 1.82) is 0 Å². The third kappa shape index (κ3) is 3.24. The zero-order valence-electron chi connectivity index (χ0n) is 15.5. The molecular formula is C20H21N3O4S. The van der Waals surface area contributed by atoms with Gasteiger partial charge >= 0.3 is 0 Å². The Bertz CT molecular complexity index is 1040. The lowest BCUT2D eigenvalue weighted by Crippen LogP contribution is -2.42. The van der Waals surface area contributed by atoms with Crippen LogP contribution >= 0.6 is 0 Å². The first-order chi connectivity index (χ1) is 13.5. The zero-order chi connectivity index (χ0) is 19.7. The minimum atomic E-state index is -3.97. The van der Waals surface area contributed by atoms with Crippen LogP contribution in [-0.2, 0) is 21.2 Å². The summed E-state index contributed by atoms with van der Waals surface area (Å²) in [5.74, 6) is 0.176. The molecule has 1 fully saturated rings. The molecule has 7 nitrogen and oxygen atoms in total. The van der Waals surface area contributed by atoms with Gasteiger partial charge in [0.15, 0.2) is 0 Å². The number of fused-ring (bicyclic) bond motifs is 1. The molecule has 0 unspecified atom stereocenters. The van der Waals surface area contributed by atoms with Gasteiger partial charge in [-0.05, 0) is 42.7 Å². The molecular weight excluding hydrogens is 378 g/mol. The molecule has 2 aromatic rings. The number of hydrogen-bond acceptors (Lipinski definition) is 6. The van der Waals surface area contributed by atoms with Gasteiger partial charge in [-0.25, -0.2) is 8.42 Å². The number of carbonyl (C=O) groups is 1. The topological polar surface area (TPSA) is 79.3 Å². The van der Waals surface area contributed by atoms with Gasteiger partial charge in [0.2, 0.25) is 14.9 Å². The van der Waals surface area contributed by atoms with Crippen LogP contribution in [0, 0.1) is 0 Å². The lowest BCUT2D eigenvalue weighted by atomic mass is 10.2. The Morgan fingerprint density at radius 1 is 1.11 bits per heavy atom. The highest BCUT2D eigenvalue weighted by atomic mass is 32.2. The summed E-state index contributed by atoms with van der Waals surface area (Å²) in [6.45, 7) is 1.44. The Morgan fingerprint density at radius 3 is 2.61 bits per heavy atom. The molecule has 1 amide bonds. The summed E-state index contributed by atoms with van der Waals surface area (Å²) in [7, 11) is -2.37. The molecule has 0 radical (unpaired) electrons. The molecule has 0 N–H and O–H groups in total. The van der Waals surface area contributed by atoms with Crippen molar-refractivity contribution in [1.82, 2.24) is 4.90 Å². The van der Waals surface area contributed by atoms with Gasteiger partial charge in [-0.3, -0.25) is 9.80 Å². The molecule has 146 valence electrons. The van der Waals surface area contributed by atoms with Gasteiger partial charge < -0.3 is 9.64 Å². The van der Waals surface area contributed by atoms with Crippen LogP contribution in [0.25, 0.3) is 0 Å². The maximum Gasteiger partial charge on any atom is 0.286 e. The molecule has 0 aromatic heterocycles. The second kappa shape index (κ2) is 7.27. The summed E-state index contributed by atoms with van der Waals surface area (Å²) in [4.78, 5) is 14.6. The van der Waals surface area contributed by atoms with Crippen molar-refractivity contribution in [2.24, 2.45) is 5.10 Å². The van der Waals surface area contributed by atoms with Crippen molar-refractivity contribution < 1.29 is 17.9 Å². The number of rotatable bonds is 4. The van der Waals surface area contributed by atoms with E-state index in [1.54, 1.807) is 35.2 Å². The van der Waals surface area contributed by atoms with Crippen LogP contribution < -0.4 is 9.75 Å². The first-order valence-electron chi connectivity index (χ1n) is 9.13. The molecule has 2 aliphatic rings. The maximum absolute atomic E-state index is 13.1. The van der Waals surface area contributed by atoms with Gasteiger partial charge in [-0.2, -0.15) is 5.10 Å². The Labute approximate surface area is 164 Å². The first kappa shape index (κ1) is 18.5. The number of ether oxygens (including phenoxy) is 1. The lowest BCUT2D eigenvalue weighted by molar-refractivity contribution is -0.122. The van der Waals surface area contributed by atoms with Crippen molar-refractivity contribution in [3.8, 4) is 5.75 Å². The van der Waals surface area contributed by atoms with E-state index in [4.69, 9.17) is 4.74 Å². The van der Waals surface area contributed by atoms with Crippen LogP contribution in [0.5, 0.6) is 5.75 Å². The van der Waals surface area contributed by atoms with E-state index in [9.17, 15) is 13.2 Å². The second-order valence-electron chi connectivity index (χ2n) is 6.78. The number of methoxy groups -OCH3 is 1. The van der Waals surface area contributed by atoms with Gasteiger partial charge in [-0.15, -0.1) is 0 Å². The molecule has 0 bridgehead atoms. The number of para-hydroxylation sites is 1. The van der Waals surface area contributed by atoms with Crippen LogP contribution in [0.15, 0.2) is 58.5 Å². The molecule has 0 atom stereocenters. The Morgan fingerprint density at radius 2 is 1.86 bits per heavy atom. The fourth-order valence-electron chi connectivity index (χ4n) is 3.50. The SMILES string of the molecule is COc1cccc(CN2N=C(C(=O)N3CCCC3)S(=O)(=O)c3ccccc32)c1. The van der Waals surface area contributed by atoms with Crippen LogP contribution in [0.1, 0.15) is 18.4 Å². The quantitative estimate of drug-likeness (QED) is 0.789. The standard InChI is InChI=1S/C20H21N3O4S/c1-27-16-8-6-7-15(13-16)14-23-17-9-2-3-10-18(17)28(25,26)19(21-23)20(24)22-11-4-5-12-22/h2-3,6-10,13H,4-5,11-12,14H2,1H3. The third-order valence-corrected chi connectivity index (χ3v) is 6.63. The van der Waals surface area contributed by atoms with E-state index < -0.39 is 20.8 Å². The van der Waals surface area contributed by atoms with E-state index in [1.165, 1.54) is 6.07 Å². The number of likely N-dealkylation sites (tertiary alicyclic amines) is 1. The zero-order valence-corrected chi connectivity index (χ0v) is 16.4. The van der Waals surface area contributed by atoms with E-state index in [0.29, 0.717) is 31.1 Å².